The van der Waals surface area contributed by atoms with Crippen LogP contribution in [-0.4, -0.2) is 16.3 Å². The summed E-state index contributed by atoms with van der Waals surface area (Å²) in [6.45, 7) is 3.75. The molecule has 0 aliphatic rings. The van der Waals surface area contributed by atoms with Gasteiger partial charge in [-0.2, -0.15) is 4.79 Å². The van der Waals surface area contributed by atoms with E-state index in [4.69, 9.17) is 5.53 Å². The highest BCUT2D eigenvalue weighted by atomic mass is 16.1. The van der Waals surface area contributed by atoms with Gasteiger partial charge in [0.15, 0.2) is 0 Å². The second-order valence-corrected chi connectivity index (χ2v) is 3.98. The number of unbranched alkanes of at least 4 members (excludes halogenated alkanes) is 6. The molecule has 3 heteroatoms. The van der Waals surface area contributed by atoms with E-state index < -0.39 is 0 Å². The van der Waals surface area contributed by atoms with Crippen molar-refractivity contribution in [3.05, 3.63) is 5.53 Å². The fourth-order valence-electron chi connectivity index (χ4n) is 1.48. The minimum Gasteiger partial charge on any atom is -0.361 e. The lowest BCUT2D eigenvalue weighted by molar-refractivity contribution is -0.117. The molecule has 15 heavy (non-hydrogen) atoms. The molecule has 3 nitrogen and oxygen atoms in total. The van der Waals surface area contributed by atoms with E-state index in [2.05, 4.69) is 11.7 Å². The van der Waals surface area contributed by atoms with Crippen LogP contribution in [0.2, 0.25) is 0 Å². The van der Waals surface area contributed by atoms with Crippen LogP contribution in [0.4, 0.5) is 0 Å². The molecule has 0 amide bonds. The maximum atomic E-state index is 11.2. The average molecular weight is 210 g/mol. The molecule has 0 spiro atoms. The van der Waals surface area contributed by atoms with E-state index in [1.807, 2.05) is 0 Å². The molecule has 0 saturated heterocycles. The molecule has 0 rings (SSSR count). The summed E-state index contributed by atoms with van der Waals surface area (Å²) in [7, 11) is 0. The summed E-state index contributed by atoms with van der Waals surface area (Å²) in [6, 6.07) is 0. The van der Waals surface area contributed by atoms with E-state index in [9.17, 15) is 4.79 Å². The first-order valence-corrected chi connectivity index (χ1v) is 5.94. The highest BCUT2D eigenvalue weighted by Crippen LogP contribution is 2.08. The number of hydrogen-bond donors (Lipinski definition) is 0. The van der Waals surface area contributed by atoms with E-state index in [0.29, 0.717) is 6.42 Å². The van der Waals surface area contributed by atoms with Gasteiger partial charge in [-0.15, -0.1) is 0 Å². The standard InChI is InChI=1S/C12H22N2O/c1-3-4-5-6-7-8-9-10-12(15)11(2)14-13/h3-10H2,1-2H3. The summed E-state index contributed by atoms with van der Waals surface area (Å²) in [6.07, 6.45) is 8.91. The van der Waals surface area contributed by atoms with Gasteiger partial charge >= 0.3 is 5.71 Å². The fraction of sp³-hybridized carbons (Fsp3) is 0.833. The van der Waals surface area contributed by atoms with Crippen LogP contribution in [0.1, 0.15) is 65.2 Å². The SMILES string of the molecule is CCCCCCCCCC(=O)C(C)=[N+]=[N-]. The minimum atomic E-state index is -0.0361. The second-order valence-electron chi connectivity index (χ2n) is 3.98. The van der Waals surface area contributed by atoms with E-state index in [1.54, 1.807) is 6.92 Å². The monoisotopic (exact) mass is 210 g/mol. The van der Waals surface area contributed by atoms with Crippen LogP contribution in [-0.2, 0) is 4.79 Å². The Morgan fingerprint density at radius 1 is 1.07 bits per heavy atom. The average Bonchev–Trinajstić information content (AvgIpc) is 2.26. The Hall–Kier alpha value is -0.950. The highest BCUT2D eigenvalue weighted by molar-refractivity contribution is 6.36. The number of carbonyl (C=O) groups excluding carboxylic acids is 1. The van der Waals surface area contributed by atoms with Crippen molar-refractivity contribution in [3.8, 4) is 0 Å². The molecule has 0 atom stereocenters. The Balaban J connectivity index is 3.31. The second kappa shape index (κ2) is 9.60. The molecule has 0 fully saturated rings. The summed E-state index contributed by atoms with van der Waals surface area (Å²) in [5.74, 6) is -0.0361. The first-order chi connectivity index (χ1) is 7.22. The Labute approximate surface area is 92.5 Å². The number of hydrogen-bond acceptors (Lipinski definition) is 1. The number of rotatable bonds is 9. The molecule has 0 aromatic heterocycles. The molecular weight excluding hydrogens is 188 g/mol. The molecule has 0 aromatic carbocycles. The highest BCUT2D eigenvalue weighted by Gasteiger charge is 2.11. The Morgan fingerprint density at radius 3 is 2.13 bits per heavy atom. The molecule has 0 aliphatic heterocycles. The van der Waals surface area contributed by atoms with E-state index in [1.165, 1.54) is 32.1 Å². The maximum Gasteiger partial charge on any atom is 0.331 e. The predicted octanol–water partition coefficient (Wildman–Crippen LogP) is 3.39. The van der Waals surface area contributed by atoms with Gasteiger partial charge in [-0.3, -0.25) is 4.79 Å². The topological polar surface area (TPSA) is 53.5 Å². The van der Waals surface area contributed by atoms with Crippen LogP contribution in [0.3, 0.4) is 0 Å². The number of Topliss-reactive ketones (excluding diaryl/α,β-unsaturated/α-hetero) is 1. The van der Waals surface area contributed by atoms with Crippen molar-refractivity contribution < 1.29 is 9.58 Å². The molecule has 0 aromatic rings. The molecule has 0 aliphatic carbocycles. The van der Waals surface area contributed by atoms with Gasteiger partial charge in [0.25, 0.3) is 0 Å². The van der Waals surface area contributed by atoms with Gasteiger partial charge in [-0.05, 0) is 6.42 Å². The van der Waals surface area contributed by atoms with E-state index in [-0.39, 0.29) is 11.5 Å². The quantitative estimate of drug-likeness (QED) is 0.249. The van der Waals surface area contributed by atoms with Crippen LogP contribution in [0, 0.1) is 0 Å². The minimum absolute atomic E-state index is 0.0361. The summed E-state index contributed by atoms with van der Waals surface area (Å²) in [5.41, 5.74) is 8.60. The Morgan fingerprint density at radius 2 is 1.60 bits per heavy atom. The molecule has 0 saturated carbocycles. The zero-order valence-corrected chi connectivity index (χ0v) is 9.96. The largest absolute Gasteiger partial charge is 0.361 e. The first-order valence-electron chi connectivity index (χ1n) is 5.94. The van der Waals surface area contributed by atoms with Crippen LogP contribution >= 0.6 is 0 Å². The van der Waals surface area contributed by atoms with Crippen LogP contribution in [0.15, 0.2) is 0 Å². The van der Waals surface area contributed by atoms with Gasteiger partial charge in [0.2, 0.25) is 5.78 Å². The van der Waals surface area contributed by atoms with Crippen molar-refractivity contribution in [1.29, 1.82) is 0 Å². The third kappa shape index (κ3) is 8.07. The Kier molecular flexibility index (Phi) is 8.99. The third-order valence-electron chi connectivity index (χ3n) is 2.56. The summed E-state index contributed by atoms with van der Waals surface area (Å²) in [4.78, 5) is 14.1. The lowest BCUT2D eigenvalue weighted by Gasteiger charge is -1.98. The molecule has 0 unspecified atom stereocenters. The summed E-state index contributed by atoms with van der Waals surface area (Å²) in [5, 5.41) is 0. The van der Waals surface area contributed by atoms with Gasteiger partial charge in [0.05, 0.1) is 0 Å². The zero-order chi connectivity index (χ0) is 11.5. The number of nitrogens with zero attached hydrogens (tertiary/aromatic N) is 2. The summed E-state index contributed by atoms with van der Waals surface area (Å²) < 4.78 is 0. The smallest absolute Gasteiger partial charge is 0.331 e. The van der Waals surface area contributed by atoms with Gasteiger partial charge < -0.3 is 5.53 Å². The maximum absolute atomic E-state index is 11.2. The van der Waals surface area contributed by atoms with Gasteiger partial charge in [-0.1, -0.05) is 45.4 Å². The fourth-order valence-corrected chi connectivity index (χ4v) is 1.48. The predicted molar refractivity (Wildman–Crippen MR) is 61.9 cm³/mol. The van der Waals surface area contributed by atoms with Gasteiger partial charge in [0.1, 0.15) is 0 Å². The zero-order valence-electron chi connectivity index (χ0n) is 9.96. The molecular formula is C12H22N2O. The van der Waals surface area contributed by atoms with E-state index >= 15 is 0 Å². The lowest BCUT2D eigenvalue weighted by atomic mass is 10.1. The lowest BCUT2D eigenvalue weighted by Crippen LogP contribution is -2.10. The van der Waals surface area contributed by atoms with Crippen LogP contribution < -0.4 is 0 Å². The molecule has 0 radical (unpaired) electrons. The third-order valence-corrected chi connectivity index (χ3v) is 2.56. The van der Waals surface area contributed by atoms with Crippen molar-refractivity contribution in [2.24, 2.45) is 0 Å². The van der Waals surface area contributed by atoms with Crippen LogP contribution in [0.25, 0.3) is 5.53 Å². The van der Waals surface area contributed by atoms with Crippen molar-refractivity contribution in [2.45, 2.75) is 65.2 Å². The van der Waals surface area contributed by atoms with E-state index in [0.717, 1.165) is 12.8 Å². The van der Waals surface area contributed by atoms with Crippen molar-refractivity contribution >= 4 is 11.5 Å². The van der Waals surface area contributed by atoms with Crippen LogP contribution in [0.5, 0.6) is 0 Å². The first kappa shape index (κ1) is 14.1. The molecule has 0 bridgehead atoms. The van der Waals surface area contributed by atoms with Gasteiger partial charge in [0, 0.05) is 13.3 Å². The number of ketones is 1. The summed E-state index contributed by atoms with van der Waals surface area (Å²) >= 11 is 0. The normalized spacial score (nSPS) is 9.73. The van der Waals surface area contributed by atoms with Crippen molar-refractivity contribution in [2.75, 3.05) is 0 Å². The molecule has 86 valence electrons. The Bertz CT molecular complexity index is 230. The molecule has 0 heterocycles. The van der Waals surface area contributed by atoms with Crippen molar-refractivity contribution in [3.63, 3.8) is 0 Å². The molecule has 0 N–H and O–H groups in total. The number of carbonyl (C=O) groups is 1. The van der Waals surface area contributed by atoms with Gasteiger partial charge in [-0.25, -0.2) is 0 Å². The van der Waals surface area contributed by atoms with Crippen molar-refractivity contribution in [1.82, 2.24) is 0 Å².